The van der Waals surface area contributed by atoms with Gasteiger partial charge in [-0.2, -0.15) is 0 Å². The molecule has 0 radical (unpaired) electrons. The Morgan fingerprint density at radius 1 is 1.12 bits per heavy atom. The van der Waals surface area contributed by atoms with Crippen molar-refractivity contribution in [1.29, 1.82) is 0 Å². The van der Waals surface area contributed by atoms with Crippen molar-refractivity contribution in [3.05, 3.63) is 53.6 Å². The summed E-state index contributed by atoms with van der Waals surface area (Å²) in [5.41, 5.74) is 1.45. The van der Waals surface area contributed by atoms with Crippen molar-refractivity contribution in [2.75, 3.05) is 45.1 Å². The van der Waals surface area contributed by atoms with Gasteiger partial charge in [0.15, 0.2) is 0 Å². The summed E-state index contributed by atoms with van der Waals surface area (Å²) in [5, 5.41) is 10.1. The van der Waals surface area contributed by atoms with Crippen LogP contribution in [-0.4, -0.2) is 87.9 Å². The summed E-state index contributed by atoms with van der Waals surface area (Å²) in [6.45, 7) is 9.16. The predicted molar refractivity (Wildman–Crippen MR) is 157 cm³/mol. The van der Waals surface area contributed by atoms with Crippen molar-refractivity contribution in [2.45, 2.75) is 70.1 Å². The number of hydrogen-bond donors (Lipinski definition) is 2. The molecule has 0 aliphatic carbocycles. The first-order chi connectivity index (χ1) is 18.9. The minimum absolute atomic E-state index is 0.0187. The fraction of sp³-hybridized carbons (Fsp3) is 0.567. The van der Waals surface area contributed by atoms with Gasteiger partial charge in [-0.05, 0) is 84.5 Å². The van der Waals surface area contributed by atoms with E-state index in [-0.39, 0.29) is 46.8 Å². The molecule has 1 aliphatic heterocycles. The smallest absolute Gasteiger partial charge is 0.261 e. The third-order valence-electron chi connectivity index (χ3n) is 7.18. The third-order valence-corrected chi connectivity index (χ3v) is 8.58. The van der Waals surface area contributed by atoms with Gasteiger partial charge in [-0.25, -0.2) is 8.42 Å². The molecule has 0 fully saturated rings. The highest BCUT2D eigenvalue weighted by Crippen LogP contribution is 2.29. The van der Waals surface area contributed by atoms with E-state index in [9.17, 15) is 18.3 Å². The van der Waals surface area contributed by atoms with Crippen LogP contribution in [0.1, 0.15) is 56.0 Å². The van der Waals surface area contributed by atoms with Crippen LogP contribution in [0.15, 0.2) is 47.4 Å². The summed E-state index contributed by atoms with van der Waals surface area (Å²) in [7, 11) is 0.118. The number of rotatable bonds is 7. The van der Waals surface area contributed by atoms with Crippen molar-refractivity contribution in [3.8, 4) is 5.75 Å². The number of sulfonamides is 1. The monoisotopic (exact) mass is 575 g/mol. The molecule has 222 valence electrons. The lowest BCUT2D eigenvalue weighted by Crippen LogP contribution is -2.47. The first-order valence-electron chi connectivity index (χ1n) is 14.0. The number of fused-ring (bicyclic) bond motifs is 1. The zero-order chi connectivity index (χ0) is 29.4. The topological polar surface area (TPSA) is 108 Å². The van der Waals surface area contributed by atoms with Gasteiger partial charge in [0.1, 0.15) is 5.75 Å². The molecule has 0 bridgehead atoms. The number of likely N-dealkylation sites (N-methyl/N-ethyl adjacent to an activating group) is 1. The molecule has 0 aromatic heterocycles. The van der Waals surface area contributed by atoms with Crippen molar-refractivity contribution in [1.82, 2.24) is 9.80 Å². The number of ether oxygens (including phenoxy) is 2. The van der Waals surface area contributed by atoms with Crippen molar-refractivity contribution >= 4 is 21.6 Å². The van der Waals surface area contributed by atoms with Crippen LogP contribution in [0, 0.1) is 12.8 Å². The van der Waals surface area contributed by atoms with E-state index in [1.54, 1.807) is 48.2 Å². The van der Waals surface area contributed by atoms with Crippen molar-refractivity contribution in [2.24, 2.45) is 5.92 Å². The number of carbonyl (C=O) groups excluding carboxylic acids is 1. The largest absolute Gasteiger partial charge is 0.490 e. The van der Waals surface area contributed by atoms with Crippen LogP contribution in [-0.2, 0) is 14.8 Å². The maximum atomic E-state index is 14.1. The lowest BCUT2D eigenvalue weighted by Gasteiger charge is -2.35. The number of aryl methyl sites for hydroxylation is 1. The van der Waals surface area contributed by atoms with Crippen LogP contribution < -0.4 is 9.46 Å². The van der Waals surface area contributed by atoms with Crippen molar-refractivity contribution in [3.63, 3.8) is 0 Å². The number of benzene rings is 2. The SMILES string of the molecule is Cc1ccc(S(=O)(=O)Nc2ccc3c(c2)C(=O)N([C@@H](C)CO)C[C@H](C)[C@@H](CN(C)C)OCCCC[C@@H](C)O3)cc1. The number of hydrogen-bond acceptors (Lipinski definition) is 7. The number of nitrogens with zero attached hydrogens (tertiary/aromatic N) is 2. The normalized spacial score (nSPS) is 22.2. The highest BCUT2D eigenvalue weighted by atomic mass is 32.2. The van der Waals surface area contributed by atoms with Gasteiger partial charge in [0.05, 0.1) is 35.3 Å². The molecular formula is C30H45N3O6S. The van der Waals surface area contributed by atoms with Gasteiger partial charge >= 0.3 is 0 Å². The number of nitrogens with one attached hydrogen (secondary N) is 1. The second-order valence-corrected chi connectivity index (χ2v) is 12.9. The summed E-state index contributed by atoms with van der Waals surface area (Å²) in [6, 6.07) is 10.9. The molecule has 4 atom stereocenters. The molecule has 3 rings (SSSR count). The van der Waals surface area contributed by atoms with E-state index in [0.29, 0.717) is 25.4 Å². The number of aliphatic hydroxyl groups is 1. The average Bonchev–Trinajstić information content (AvgIpc) is 2.90. The van der Waals surface area contributed by atoms with Crippen LogP contribution in [0.4, 0.5) is 5.69 Å². The summed E-state index contributed by atoms with van der Waals surface area (Å²) in [5.74, 6) is 0.0270. The Morgan fingerprint density at radius 2 is 1.82 bits per heavy atom. The minimum atomic E-state index is -3.87. The Balaban J connectivity index is 2.02. The summed E-state index contributed by atoms with van der Waals surface area (Å²) < 4.78 is 41.3. The first kappa shape index (κ1) is 31.9. The quantitative estimate of drug-likeness (QED) is 0.511. The fourth-order valence-corrected chi connectivity index (χ4v) is 5.79. The molecule has 2 aromatic rings. The second-order valence-electron chi connectivity index (χ2n) is 11.2. The number of amides is 1. The lowest BCUT2D eigenvalue weighted by molar-refractivity contribution is -0.0137. The highest BCUT2D eigenvalue weighted by molar-refractivity contribution is 7.92. The van der Waals surface area contributed by atoms with Crippen molar-refractivity contribution < 1.29 is 27.8 Å². The Morgan fingerprint density at radius 3 is 2.48 bits per heavy atom. The third kappa shape index (κ3) is 8.67. The van der Waals surface area contributed by atoms with Crippen LogP contribution in [0.25, 0.3) is 0 Å². The molecule has 10 heteroatoms. The van der Waals surface area contributed by atoms with Crippen LogP contribution >= 0.6 is 0 Å². The minimum Gasteiger partial charge on any atom is -0.490 e. The van der Waals surface area contributed by atoms with E-state index in [2.05, 4.69) is 16.5 Å². The van der Waals surface area contributed by atoms with Gasteiger partial charge in [-0.1, -0.05) is 24.6 Å². The maximum absolute atomic E-state index is 14.1. The Labute approximate surface area is 239 Å². The molecule has 0 saturated carbocycles. The van der Waals surface area contributed by atoms with Gasteiger partial charge in [0.2, 0.25) is 0 Å². The van der Waals surface area contributed by atoms with Crippen LogP contribution in [0.5, 0.6) is 5.75 Å². The fourth-order valence-electron chi connectivity index (χ4n) is 4.74. The zero-order valence-electron chi connectivity index (χ0n) is 24.6. The van der Waals surface area contributed by atoms with Gasteiger partial charge in [0, 0.05) is 31.3 Å². The molecule has 1 heterocycles. The molecule has 2 aromatic carbocycles. The summed E-state index contributed by atoms with van der Waals surface area (Å²) >= 11 is 0. The summed E-state index contributed by atoms with van der Waals surface area (Å²) in [4.78, 5) is 18.0. The molecule has 0 saturated heterocycles. The molecule has 1 amide bonds. The zero-order valence-corrected chi connectivity index (χ0v) is 25.4. The Kier molecular flexibility index (Phi) is 11.4. The molecule has 2 N–H and O–H groups in total. The molecule has 0 spiro atoms. The van der Waals surface area contributed by atoms with Crippen LogP contribution in [0.3, 0.4) is 0 Å². The van der Waals surface area contributed by atoms with Gasteiger partial charge in [-0.15, -0.1) is 0 Å². The van der Waals surface area contributed by atoms with E-state index in [1.165, 1.54) is 6.07 Å². The number of aliphatic hydroxyl groups excluding tert-OH is 1. The predicted octanol–water partition coefficient (Wildman–Crippen LogP) is 4.15. The van der Waals surface area contributed by atoms with E-state index in [0.717, 1.165) is 24.8 Å². The van der Waals surface area contributed by atoms with Gasteiger partial charge in [0.25, 0.3) is 15.9 Å². The molecule has 40 heavy (non-hydrogen) atoms. The standard InChI is InChI=1S/C30H45N3O6S/c1-21-10-13-26(14-11-21)40(36,37)31-25-12-15-28-27(17-25)30(35)33(23(3)20-34)18-22(2)29(19-32(5)6)38-16-8-7-9-24(4)39-28/h10-15,17,22-24,29,31,34H,7-9,16,18-20H2,1-6H3/t22-,23-,24+,29+/m0/s1. The molecule has 1 aliphatic rings. The van der Waals surface area contributed by atoms with Gasteiger partial charge in [-0.3, -0.25) is 9.52 Å². The summed E-state index contributed by atoms with van der Waals surface area (Å²) in [6.07, 6.45) is 2.33. The number of anilines is 1. The highest BCUT2D eigenvalue weighted by Gasteiger charge is 2.30. The lowest BCUT2D eigenvalue weighted by atomic mass is 10.0. The average molecular weight is 576 g/mol. The van der Waals surface area contributed by atoms with Crippen LogP contribution in [0.2, 0.25) is 0 Å². The van der Waals surface area contributed by atoms with E-state index < -0.39 is 16.1 Å². The van der Waals surface area contributed by atoms with E-state index in [1.807, 2.05) is 27.9 Å². The van der Waals surface area contributed by atoms with E-state index >= 15 is 0 Å². The molecule has 9 nitrogen and oxygen atoms in total. The van der Waals surface area contributed by atoms with Gasteiger partial charge < -0.3 is 24.4 Å². The number of carbonyl (C=O) groups is 1. The molecule has 0 unspecified atom stereocenters. The Hall–Kier alpha value is -2.66. The Bertz CT molecular complexity index is 1220. The second kappa shape index (κ2) is 14.3. The first-order valence-corrected chi connectivity index (χ1v) is 15.5. The maximum Gasteiger partial charge on any atom is 0.261 e. The van der Waals surface area contributed by atoms with E-state index in [4.69, 9.17) is 9.47 Å². The molecular weight excluding hydrogens is 530 g/mol.